The minimum atomic E-state index is -0.851. The molecule has 3 aliphatic carbocycles. The third-order valence-electron chi connectivity index (χ3n) is 8.76. The average molecular weight is 381 g/mol. The van der Waals surface area contributed by atoms with Crippen molar-refractivity contribution in [2.24, 2.45) is 17.3 Å². The Kier molecular flexibility index (Phi) is 5.13. The number of fused-ring (bicyclic) bond motifs is 5. The second-order valence-corrected chi connectivity index (χ2v) is 9.92. The number of aliphatic hydroxyl groups excluding tert-OH is 1. The van der Waals surface area contributed by atoms with E-state index < -0.39 is 5.60 Å². The summed E-state index contributed by atoms with van der Waals surface area (Å²) in [6.07, 6.45) is 7.97. The van der Waals surface area contributed by atoms with Gasteiger partial charge in [-0.1, -0.05) is 18.9 Å². The third-order valence-corrected chi connectivity index (χ3v) is 8.76. The van der Waals surface area contributed by atoms with Crippen LogP contribution in [0.2, 0.25) is 0 Å². The van der Waals surface area contributed by atoms with Crippen LogP contribution in [0.1, 0.15) is 85.6 Å². The van der Waals surface area contributed by atoms with Crippen LogP contribution in [0.3, 0.4) is 0 Å². The smallest absolute Gasteiger partial charge is 0.131 e. The highest BCUT2D eigenvalue weighted by Gasteiger charge is 2.61. The Hall–Kier alpha value is -1.30. The fraction of sp³-hybridized carbons (Fsp3) is 0.692. The highest BCUT2D eigenvalue weighted by atomic mass is 16.3. The Morgan fingerprint density at radius 1 is 1.11 bits per heavy atom. The Bertz CT molecular complexity index is 829. The first kappa shape index (κ1) is 20.0. The number of benzene rings is 1. The highest BCUT2D eigenvalue weighted by molar-refractivity contribution is 5.48. The van der Waals surface area contributed by atoms with Crippen LogP contribution in [-0.2, 0) is 6.42 Å². The first-order chi connectivity index (χ1) is 13.3. The lowest BCUT2D eigenvalue weighted by Gasteiger charge is -2.52. The maximum absolute atomic E-state index is 11.5. The Labute approximate surface area is 170 Å². The minimum absolute atomic E-state index is 0.0917. The summed E-state index contributed by atoms with van der Waals surface area (Å²) in [4.78, 5) is 0. The Morgan fingerprint density at radius 2 is 1.89 bits per heavy atom. The van der Waals surface area contributed by atoms with Crippen molar-refractivity contribution in [1.29, 1.82) is 0 Å². The van der Waals surface area contributed by atoms with E-state index in [1.165, 1.54) is 36.0 Å². The molecule has 0 aromatic heterocycles. The van der Waals surface area contributed by atoms with Crippen LogP contribution in [0.25, 0.3) is 0 Å². The van der Waals surface area contributed by atoms with E-state index in [1.54, 1.807) is 11.1 Å². The first-order valence-electron chi connectivity index (χ1n) is 11.3. The van der Waals surface area contributed by atoms with Crippen LogP contribution in [-0.4, -0.2) is 22.4 Å². The van der Waals surface area contributed by atoms with Gasteiger partial charge in [-0.2, -0.15) is 0 Å². The van der Waals surface area contributed by atoms with Crippen molar-refractivity contribution in [2.45, 2.75) is 90.6 Å². The minimum Gasteiger partial charge on any atom is -0.396 e. The van der Waals surface area contributed by atoms with Gasteiger partial charge in [0.25, 0.3) is 0 Å². The van der Waals surface area contributed by atoms with E-state index in [0.29, 0.717) is 30.6 Å². The number of hydrogen-bond acceptors (Lipinski definition) is 2. The van der Waals surface area contributed by atoms with E-state index in [4.69, 9.17) is 5.11 Å². The third kappa shape index (κ3) is 2.86. The lowest BCUT2D eigenvalue weighted by atomic mass is 9.53. The molecule has 0 aliphatic heterocycles. The van der Waals surface area contributed by atoms with E-state index in [-0.39, 0.29) is 12.0 Å². The van der Waals surface area contributed by atoms with Gasteiger partial charge in [-0.25, -0.2) is 0 Å². The molecule has 1 aromatic carbocycles. The van der Waals surface area contributed by atoms with Crippen LogP contribution in [0.5, 0.6) is 0 Å². The molecule has 3 aliphatic rings. The van der Waals surface area contributed by atoms with Crippen molar-refractivity contribution in [2.75, 3.05) is 6.61 Å². The van der Waals surface area contributed by atoms with Gasteiger partial charge in [-0.3, -0.25) is 0 Å². The van der Waals surface area contributed by atoms with Crippen molar-refractivity contribution in [1.82, 2.24) is 0 Å². The molecule has 2 N–H and O–H groups in total. The van der Waals surface area contributed by atoms with E-state index in [1.807, 2.05) is 0 Å². The summed E-state index contributed by atoms with van der Waals surface area (Å²) in [6, 6.07) is 2.44. The summed E-state index contributed by atoms with van der Waals surface area (Å²) >= 11 is 0. The molecule has 0 saturated heterocycles. The van der Waals surface area contributed by atoms with E-state index in [2.05, 4.69) is 45.6 Å². The number of hydrogen-bond donors (Lipinski definition) is 2. The fourth-order valence-electron chi connectivity index (χ4n) is 6.88. The zero-order valence-corrected chi connectivity index (χ0v) is 18.1. The number of unbranched alkanes of at least 4 members (excludes halogenated alkanes) is 1. The molecule has 0 bridgehead atoms. The maximum atomic E-state index is 11.5. The Balaban J connectivity index is 1.65. The van der Waals surface area contributed by atoms with Crippen molar-refractivity contribution in [3.05, 3.63) is 33.9 Å². The van der Waals surface area contributed by atoms with Gasteiger partial charge in [0.1, 0.15) is 5.60 Å². The van der Waals surface area contributed by atoms with Crippen molar-refractivity contribution in [3.8, 4) is 11.8 Å². The van der Waals surface area contributed by atoms with Crippen molar-refractivity contribution >= 4 is 0 Å². The average Bonchev–Trinajstić information content (AvgIpc) is 2.94. The number of aliphatic hydroxyl groups is 2. The molecule has 2 fully saturated rings. The lowest BCUT2D eigenvalue weighted by Crippen LogP contribution is -2.50. The summed E-state index contributed by atoms with van der Waals surface area (Å²) < 4.78 is 0. The van der Waals surface area contributed by atoms with Gasteiger partial charge in [0.05, 0.1) is 0 Å². The lowest BCUT2D eigenvalue weighted by molar-refractivity contribution is -0.0649. The molecule has 4 rings (SSSR count). The summed E-state index contributed by atoms with van der Waals surface area (Å²) in [6.45, 7) is 9.34. The molecule has 0 radical (unpaired) electrons. The van der Waals surface area contributed by atoms with Crippen LogP contribution < -0.4 is 0 Å². The zero-order chi connectivity index (χ0) is 20.1. The molecular formula is C26H36O2. The maximum Gasteiger partial charge on any atom is 0.131 e. The van der Waals surface area contributed by atoms with Crippen LogP contribution >= 0.6 is 0 Å². The summed E-state index contributed by atoms with van der Waals surface area (Å²) in [5.41, 5.74) is 6.70. The van der Waals surface area contributed by atoms with Crippen LogP contribution in [0.4, 0.5) is 0 Å². The van der Waals surface area contributed by atoms with Gasteiger partial charge in [0.2, 0.25) is 0 Å². The first-order valence-corrected chi connectivity index (χ1v) is 11.3. The molecule has 1 aromatic rings. The molecular weight excluding hydrogens is 344 g/mol. The molecule has 5 atom stereocenters. The summed E-state index contributed by atoms with van der Waals surface area (Å²) in [7, 11) is 0. The van der Waals surface area contributed by atoms with Crippen LogP contribution in [0.15, 0.2) is 6.07 Å². The standard InChI is InChI=1S/C26H36O2/c1-17-16-20-8-9-21-22(24(20)19(3)18(17)2)10-13-25(4)23(21)11-14-26(25,28)12-6-5-7-15-27/h16,21-23,27-28H,5,7-11,13-15H2,1-4H3/t21-,22+,23+,25+,26+/m1/s1. The monoisotopic (exact) mass is 380 g/mol. The summed E-state index contributed by atoms with van der Waals surface area (Å²) in [5, 5.41) is 20.5. The second-order valence-electron chi connectivity index (χ2n) is 9.92. The molecule has 152 valence electrons. The molecule has 2 nitrogen and oxygen atoms in total. The van der Waals surface area contributed by atoms with Gasteiger partial charge in [0, 0.05) is 18.4 Å². The predicted octanol–water partition coefficient (Wildman–Crippen LogP) is 4.97. The van der Waals surface area contributed by atoms with Gasteiger partial charge in [0.15, 0.2) is 0 Å². The number of aryl methyl sites for hydroxylation is 2. The van der Waals surface area contributed by atoms with E-state index in [9.17, 15) is 5.11 Å². The second kappa shape index (κ2) is 7.19. The van der Waals surface area contributed by atoms with E-state index >= 15 is 0 Å². The van der Waals surface area contributed by atoms with Gasteiger partial charge in [-0.15, -0.1) is 5.92 Å². The SMILES string of the molecule is Cc1cc2c(c(C)c1C)[C@H]1CC[C@@]3(C)[C@@H](CC[C@@]3(O)C#CCCCO)[C@@H]1CC2. The van der Waals surface area contributed by atoms with E-state index in [0.717, 1.165) is 19.3 Å². The normalized spacial score (nSPS) is 36.1. The highest BCUT2D eigenvalue weighted by Crippen LogP contribution is 2.64. The van der Waals surface area contributed by atoms with Crippen LogP contribution in [0, 0.1) is 49.9 Å². The topological polar surface area (TPSA) is 40.5 Å². The van der Waals surface area contributed by atoms with Crippen molar-refractivity contribution in [3.63, 3.8) is 0 Å². The Morgan fingerprint density at radius 3 is 2.64 bits per heavy atom. The van der Waals surface area contributed by atoms with Gasteiger partial charge in [-0.05, 0) is 111 Å². The fourth-order valence-corrected chi connectivity index (χ4v) is 6.88. The molecule has 2 saturated carbocycles. The molecule has 2 heteroatoms. The molecule has 0 amide bonds. The number of rotatable bonds is 2. The zero-order valence-electron chi connectivity index (χ0n) is 18.1. The molecule has 0 spiro atoms. The van der Waals surface area contributed by atoms with Gasteiger partial charge >= 0.3 is 0 Å². The largest absolute Gasteiger partial charge is 0.396 e. The molecule has 0 unspecified atom stereocenters. The van der Waals surface area contributed by atoms with Gasteiger partial charge < -0.3 is 10.2 Å². The molecule has 28 heavy (non-hydrogen) atoms. The molecule has 0 heterocycles. The quantitative estimate of drug-likeness (QED) is 0.561. The summed E-state index contributed by atoms with van der Waals surface area (Å²) in [5.74, 6) is 8.35. The predicted molar refractivity (Wildman–Crippen MR) is 114 cm³/mol. The van der Waals surface area contributed by atoms with Crippen molar-refractivity contribution < 1.29 is 10.2 Å².